The second-order valence-electron chi connectivity index (χ2n) is 2.75. The van der Waals surface area contributed by atoms with E-state index in [1.165, 1.54) is 9.80 Å². The van der Waals surface area contributed by atoms with Gasteiger partial charge in [0.15, 0.2) is 0 Å². The second kappa shape index (κ2) is 12.8. The van der Waals surface area contributed by atoms with Crippen molar-refractivity contribution in [3.05, 3.63) is 0 Å². The molecular weight excluding hydrogens is 284 g/mol. The van der Waals surface area contributed by atoms with Crippen molar-refractivity contribution in [2.75, 3.05) is 28.2 Å². The summed E-state index contributed by atoms with van der Waals surface area (Å²) in [6.07, 6.45) is 0. The molecule has 0 aliphatic carbocycles. The SMILES string of the molecule is CN(C)C(=O)N(C)C.NC(=S)S.NC(=S)S. The zero-order valence-corrected chi connectivity index (χ0v) is 13.1. The highest BCUT2D eigenvalue weighted by Crippen LogP contribution is 1.83. The molecule has 0 radical (unpaired) electrons. The van der Waals surface area contributed by atoms with Crippen molar-refractivity contribution in [1.29, 1.82) is 0 Å². The van der Waals surface area contributed by atoms with Crippen LogP contribution in [0.2, 0.25) is 0 Å². The summed E-state index contributed by atoms with van der Waals surface area (Å²) < 4.78 is 0.389. The van der Waals surface area contributed by atoms with E-state index >= 15 is 0 Å². The smallest absolute Gasteiger partial charge is 0.318 e. The molecule has 0 saturated carbocycles. The van der Waals surface area contributed by atoms with Crippen molar-refractivity contribution in [3.63, 3.8) is 0 Å². The molecule has 0 aromatic rings. The van der Waals surface area contributed by atoms with E-state index in [0.29, 0.717) is 0 Å². The Labute approximate surface area is 118 Å². The molecule has 0 atom stereocenters. The summed E-state index contributed by atoms with van der Waals surface area (Å²) >= 11 is 15.3. The molecule has 0 rings (SSSR count). The van der Waals surface area contributed by atoms with Crippen LogP contribution in [0.1, 0.15) is 0 Å². The molecular formula is C7H18N4OS4. The standard InChI is InChI=1S/C5H12N2O.2CH3NS2/c1-6(2)5(8)7(3)4;2*2-1(3)4/h1-4H3;2*(H3,2,3,4). The molecule has 9 heteroatoms. The first-order valence-corrected chi connectivity index (χ1v) is 5.58. The molecule has 0 heterocycles. The summed E-state index contributed by atoms with van der Waals surface area (Å²) in [6, 6.07) is 0.0185. The van der Waals surface area contributed by atoms with Crippen molar-refractivity contribution in [1.82, 2.24) is 9.80 Å². The molecule has 0 aromatic heterocycles. The van der Waals surface area contributed by atoms with Crippen LogP contribution in [0.5, 0.6) is 0 Å². The largest absolute Gasteiger partial charge is 0.385 e. The quantitative estimate of drug-likeness (QED) is 0.388. The number of hydrogen-bond donors (Lipinski definition) is 4. The Morgan fingerprint density at radius 1 is 0.938 bits per heavy atom. The van der Waals surface area contributed by atoms with Gasteiger partial charge < -0.3 is 21.3 Å². The molecule has 0 bridgehead atoms. The van der Waals surface area contributed by atoms with Crippen LogP contribution in [-0.2, 0) is 0 Å². The van der Waals surface area contributed by atoms with Gasteiger partial charge in [-0.2, -0.15) is 0 Å². The Bertz CT molecular complexity index is 202. The van der Waals surface area contributed by atoms with E-state index in [9.17, 15) is 4.79 Å². The van der Waals surface area contributed by atoms with E-state index in [1.807, 2.05) is 0 Å². The first-order chi connectivity index (χ1) is 7.02. The first kappa shape index (κ1) is 21.1. The van der Waals surface area contributed by atoms with Gasteiger partial charge in [-0.05, 0) is 0 Å². The molecule has 5 nitrogen and oxygen atoms in total. The fourth-order valence-corrected chi connectivity index (χ4v) is 0.400. The number of amides is 2. The molecule has 4 N–H and O–H groups in total. The monoisotopic (exact) mass is 302 g/mol. The lowest BCUT2D eigenvalue weighted by Gasteiger charge is -2.16. The van der Waals surface area contributed by atoms with Crippen LogP contribution in [0.3, 0.4) is 0 Å². The van der Waals surface area contributed by atoms with Crippen LogP contribution < -0.4 is 11.5 Å². The number of thiocarbonyl (C=S) groups is 2. The van der Waals surface area contributed by atoms with Gasteiger partial charge in [-0.25, -0.2) is 4.79 Å². The molecule has 0 fully saturated rings. The number of nitrogens with zero attached hydrogens (tertiary/aromatic N) is 2. The molecule has 0 saturated heterocycles. The maximum atomic E-state index is 10.7. The Morgan fingerprint density at radius 2 is 1.06 bits per heavy atom. The minimum absolute atomic E-state index is 0.0185. The topological polar surface area (TPSA) is 75.6 Å². The molecule has 96 valence electrons. The van der Waals surface area contributed by atoms with E-state index in [0.717, 1.165) is 0 Å². The van der Waals surface area contributed by atoms with Gasteiger partial charge >= 0.3 is 6.03 Å². The molecule has 16 heavy (non-hydrogen) atoms. The van der Waals surface area contributed by atoms with Crippen LogP contribution in [0.15, 0.2) is 0 Å². The molecule has 0 aliphatic heterocycles. The number of rotatable bonds is 0. The Balaban J connectivity index is -0.000000179. The Kier molecular flexibility index (Phi) is 16.9. The normalized spacial score (nSPS) is 7.38. The first-order valence-electron chi connectivity index (χ1n) is 3.87. The zero-order valence-electron chi connectivity index (χ0n) is 9.67. The van der Waals surface area contributed by atoms with Crippen molar-refractivity contribution in [3.8, 4) is 0 Å². The number of carbonyl (C=O) groups excluding carboxylic acids is 1. The lowest BCUT2D eigenvalue weighted by Crippen LogP contribution is -2.33. The lowest BCUT2D eigenvalue weighted by molar-refractivity contribution is 0.191. The van der Waals surface area contributed by atoms with Crippen molar-refractivity contribution in [2.24, 2.45) is 11.5 Å². The number of urea groups is 1. The maximum absolute atomic E-state index is 10.7. The lowest BCUT2D eigenvalue weighted by atomic mass is 10.7. The summed E-state index contributed by atoms with van der Waals surface area (Å²) in [5.74, 6) is 0. The highest BCUT2D eigenvalue weighted by molar-refractivity contribution is 8.11. The van der Waals surface area contributed by atoms with Crippen LogP contribution in [0.25, 0.3) is 0 Å². The third-order valence-electron chi connectivity index (χ3n) is 0.765. The molecule has 0 spiro atoms. The fraction of sp³-hybridized carbons (Fsp3) is 0.571. The van der Waals surface area contributed by atoms with Crippen molar-refractivity contribution < 1.29 is 4.79 Å². The summed E-state index contributed by atoms with van der Waals surface area (Å²) in [6.45, 7) is 0. The van der Waals surface area contributed by atoms with Gasteiger partial charge in [-0.1, -0.05) is 24.4 Å². The highest BCUT2D eigenvalue weighted by atomic mass is 32.1. The fourth-order valence-electron chi connectivity index (χ4n) is 0.400. The van der Waals surface area contributed by atoms with Crippen LogP contribution in [-0.4, -0.2) is 52.7 Å². The summed E-state index contributed by atoms with van der Waals surface area (Å²) in [4.78, 5) is 13.8. The third kappa shape index (κ3) is 37.2. The van der Waals surface area contributed by atoms with Gasteiger partial charge in [0.1, 0.15) is 8.64 Å². The minimum Gasteiger partial charge on any atom is -0.385 e. The molecule has 0 aromatic carbocycles. The zero-order chi connectivity index (χ0) is 13.9. The highest BCUT2D eigenvalue weighted by Gasteiger charge is 2.02. The summed E-state index contributed by atoms with van der Waals surface area (Å²) in [5.41, 5.74) is 9.41. The van der Waals surface area contributed by atoms with Gasteiger partial charge in [0.2, 0.25) is 0 Å². The average molecular weight is 303 g/mol. The predicted octanol–water partition coefficient (Wildman–Crippen LogP) is 0.549. The molecule has 0 unspecified atom stereocenters. The van der Waals surface area contributed by atoms with Gasteiger partial charge in [0.05, 0.1) is 0 Å². The number of nitrogens with two attached hydrogens (primary N) is 2. The van der Waals surface area contributed by atoms with Crippen LogP contribution in [0.4, 0.5) is 4.79 Å². The van der Waals surface area contributed by atoms with Gasteiger partial charge in [0, 0.05) is 28.2 Å². The number of carbonyl (C=O) groups is 1. The second-order valence-corrected chi connectivity index (χ2v) is 5.20. The number of thiol groups is 2. The summed E-state index contributed by atoms with van der Waals surface area (Å²) in [5, 5.41) is 0. The maximum Gasteiger partial charge on any atom is 0.318 e. The van der Waals surface area contributed by atoms with Gasteiger partial charge in [-0.15, -0.1) is 25.3 Å². The average Bonchev–Trinajstić information content (AvgIpc) is 2.00. The van der Waals surface area contributed by atoms with E-state index in [-0.39, 0.29) is 14.7 Å². The van der Waals surface area contributed by atoms with E-state index < -0.39 is 0 Å². The van der Waals surface area contributed by atoms with E-state index in [4.69, 9.17) is 11.5 Å². The summed E-state index contributed by atoms with van der Waals surface area (Å²) in [7, 11) is 6.90. The van der Waals surface area contributed by atoms with Crippen molar-refractivity contribution in [2.45, 2.75) is 0 Å². The Morgan fingerprint density at radius 3 is 1.06 bits per heavy atom. The van der Waals surface area contributed by atoms with Crippen LogP contribution in [0, 0.1) is 0 Å². The molecule has 2 amide bonds. The van der Waals surface area contributed by atoms with Gasteiger partial charge in [0.25, 0.3) is 0 Å². The van der Waals surface area contributed by atoms with Gasteiger partial charge in [-0.3, -0.25) is 0 Å². The minimum atomic E-state index is 0.0185. The predicted molar refractivity (Wildman–Crippen MR) is 84.3 cm³/mol. The van der Waals surface area contributed by atoms with Crippen LogP contribution >= 0.6 is 49.7 Å². The molecule has 0 aliphatic rings. The van der Waals surface area contributed by atoms with E-state index in [2.05, 4.69) is 49.7 Å². The van der Waals surface area contributed by atoms with E-state index in [1.54, 1.807) is 28.2 Å². The number of hydrogen-bond acceptors (Lipinski definition) is 3. The third-order valence-corrected chi connectivity index (χ3v) is 0.765. The Hall–Kier alpha value is -0.250. The van der Waals surface area contributed by atoms with Crippen molar-refractivity contribution >= 4 is 64.4 Å².